The Morgan fingerprint density at radius 1 is 1.08 bits per heavy atom. The lowest BCUT2D eigenvalue weighted by Crippen LogP contribution is -2.10. The summed E-state index contributed by atoms with van der Waals surface area (Å²) >= 11 is 3.55. The quantitative estimate of drug-likeness (QED) is 0.658. The molecule has 6 heteroatoms. The van der Waals surface area contributed by atoms with Crippen LogP contribution in [0.25, 0.3) is 0 Å². The molecule has 0 spiro atoms. The molecule has 3 aromatic rings. The Morgan fingerprint density at radius 3 is 2.62 bits per heavy atom. The SMILES string of the molecule is Cc1ccc(Nc2cnnc(NC(C)c3ccccc3)n2)c(Br)c1. The molecule has 0 aliphatic heterocycles. The second-order valence-electron chi connectivity index (χ2n) is 5.55. The third kappa shape index (κ3) is 4.08. The van der Waals surface area contributed by atoms with Crippen LogP contribution >= 0.6 is 15.9 Å². The van der Waals surface area contributed by atoms with Gasteiger partial charge in [-0.05, 0) is 53.0 Å². The number of nitrogens with one attached hydrogen (secondary N) is 2. The van der Waals surface area contributed by atoms with Crippen LogP contribution in [0.1, 0.15) is 24.1 Å². The van der Waals surface area contributed by atoms with E-state index in [0.29, 0.717) is 11.8 Å². The van der Waals surface area contributed by atoms with Gasteiger partial charge in [-0.25, -0.2) is 0 Å². The van der Waals surface area contributed by atoms with Crippen LogP contribution < -0.4 is 10.6 Å². The van der Waals surface area contributed by atoms with Gasteiger partial charge in [0.1, 0.15) is 0 Å². The number of aromatic nitrogens is 3. The summed E-state index contributed by atoms with van der Waals surface area (Å²) in [7, 11) is 0. The zero-order valence-corrected chi connectivity index (χ0v) is 15.1. The summed E-state index contributed by atoms with van der Waals surface area (Å²) in [5.74, 6) is 1.12. The summed E-state index contributed by atoms with van der Waals surface area (Å²) < 4.78 is 0.980. The zero-order valence-electron chi connectivity index (χ0n) is 13.5. The maximum absolute atomic E-state index is 4.48. The Kier molecular flexibility index (Phi) is 5.05. The normalized spacial score (nSPS) is 11.8. The van der Waals surface area contributed by atoms with Gasteiger partial charge in [-0.3, -0.25) is 0 Å². The van der Waals surface area contributed by atoms with Crippen molar-refractivity contribution >= 4 is 33.4 Å². The van der Waals surface area contributed by atoms with E-state index in [1.54, 1.807) is 6.20 Å². The van der Waals surface area contributed by atoms with Crippen molar-refractivity contribution in [3.63, 3.8) is 0 Å². The highest BCUT2D eigenvalue weighted by atomic mass is 79.9. The Bertz CT molecular complexity index is 823. The molecule has 1 unspecified atom stereocenters. The molecule has 0 saturated carbocycles. The summed E-state index contributed by atoms with van der Waals surface area (Å²) in [4.78, 5) is 4.48. The molecule has 1 heterocycles. The third-order valence-corrected chi connectivity index (χ3v) is 4.25. The molecule has 122 valence electrons. The first-order chi connectivity index (χ1) is 11.6. The number of aryl methyl sites for hydroxylation is 1. The van der Waals surface area contributed by atoms with Gasteiger partial charge >= 0.3 is 0 Å². The van der Waals surface area contributed by atoms with Gasteiger partial charge < -0.3 is 10.6 Å². The van der Waals surface area contributed by atoms with E-state index in [1.807, 2.05) is 43.3 Å². The Morgan fingerprint density at radius 2 is 1.88 bits per heavy atom. The van der Waals surface area contributed by atoms with Gasteiger partial charge in [0.2, 0.25) is 5.95 Å². The van der Waals surface area contributed by atoms with Gasteiger partial charge in [0.15, 0.2) is 5.82 Å². The maximum Gasteiger partial charge on any atom is 0.245 e. The minimum absolute atomic E-state index is 0.0920. The van der Waals surface area contributed by atoms with Crippen LogP contribution in [0.2, 0.25) is 0 Å². The molecular weight excluding hydrogens is 366 g/mol. The van der Waals surface area contributed by atoms with Crippen LogP contribution in [0, 0.1) is 6.92 Å². The first kappa shape index (κ1) is 16.4. The van der Waals surface area contributed by atoms with Crippen molar-refractivity contribution in [3.8, 4) is 0 Å². The maximum atomic E-state index is 4.48. The highest BCUT2D eigenvalue weighted by Gasteiger charge is 2.08. The van der Waals surface area contributed by atoms with Crippen molar-refractivity contribution in [1.29, 1.82) is 0 Å². The number of hydrogen-bond acceptors (Lipinski definition) is 5. The first-order valence-corrected chi connectivity index (χ1v) is 8.45. The van der Waals surface area contributed by atoms with Crippen molar-refractivity contribution in [3.05, 3.63) is 70.3 Å². The predicted octanol–water partition coefficient (Wildman–Crippen LogP) is 4.86. The van der Waals surface area contributed by atoms with Gasteiger partial charge in [0, 0.05) is 4.47 Å². The Labute approximate surface area is 149 Å². The number of rotatable bonds is 5. The molecule has 2 aromatic carbocycles. The largest absolute Gasteiger partial charge is 0.346 e. The van der Waals surface area contributed by atoms with E-state index < -0.39 is 0 Å². The zero-order chi connectivity index (χ0) is 16.9. The number of benzene rings is 2. The topological polar surface area (TPSA) is 62.7 Å². The molecule has 0 amide bonds. The van der Waals surface area contributed by atoms with Crippen LogP contribution in [-0.4, -0.2) is 15.2 Å². The Balaban J connectivity index is 1.74. The second kappa shape index (κ2) is 7.40. The fraction of sp³-hybridized carbons (Fsp3) is 0.167. The summed E-state index contributed by atoms with van der Waals surface area (Å²) in [5.41, 5.74) is 3.29. The average Bonchev–Trinajstić information content (AvgIpc) is 2.58. The lowest BCUT2D eigenvalue weighted by molar-refractivity contribution is 0.841. The first-order valence-electron chi connectivity index (χ1n) is 7.66. The van der Waals surface area contributed by atoms with Crippen LogP contribution in [0.5, 0.6) is 0 Å². The average molecular weight is 384 g/mol. The summed E-state index contributed by atoms with van der Waals surface area (Å²) in [6, 6.07) is 16.3. The van der Waals surface area contributed by atoms with E-state index in [9.17, 15) is 0 Å². The van der Waals surface area contributed by atoms with E-state index in [2.05, 4.69) is 60.8 Å². The molecule has 5 nitrogen and oxygen atoms in total. The smallest absolute Gasteiger partial charge is 0.245 e. The van der Waals surface area contributed by atoms with Crippen molar-refractivity contribution in [2.24, 2.45) is 0 Å². The molecule has 1 aromatic heterocycles. The minimum Gasteiger partial charge on any atom is -0.346 e. The molecule has 3 rings (SSSR count). The van der Waals surface area contributed by atoms with E-state index in [-0.39, 0.29) is 6.04 Å². The lowest BCUT2D eigenvalue weighted by atomic mass is 10.1. The van der Waals surface area contributed by atoms with Crippen molar-refractivity contribution in [2.75, 3.05) is 10.6 Å². The van der Waals surface area contributed by atoms with Crippen LogP contribution in [0.4, 0.5) is 17.5 Å². The van der Waals surface area contributed by atoms with Gasteiger partial charge in [-0.1, -0.05) is 36.4 Å². The van der Waals surface area contributed by atoms with E-state index in [4.69, 9.17) is 0 Å². The van der Waals surface area contributed by atoms with E-state index in [1.165, 1.54) is 11.1 Å². The van der Waals surface area contributed by atoms with E-state index in [0.717, 1.165) is 10.2 Å². The number of nitrogens with zero attached hydrogens (tertiary/aromatic N) is 3. The van der Waals surface area contributed by atoms with Crippen LogP contribution in [0.3, 0.4) is 0 Å². The van der Waals surface area contributed by atoms with Crippen molar-refractivity contribution in [2.45, 2.75) is 19.9 Å². The monoisotopic (exact) mass is 383 g/mol. The molecule has 1 atom stereocenters. The summed E-state index contributed by atoms with van der Waals surface area (Å²) in [5, 5.41) is 14.6. The fourth-order valence-corrected chi connectivity index (χ4v) is 2.90. The fourth-order valence-electron chi connectivity index (χ4n) is 2.30. The number of halogens is 1. The Hall–Kier alpha value is -2.47. The van der Waals surface area contributed by atoms with Crippen LogP contribution in [0.15, 0.2) is 59.2 Å². The summed E-state index contributed by atoms with van der Waals surface area (Å²) in [6.07, 6.45) is 1.60. The van der Waals surface area contributed by atoms with Gasteiger partial charge in [-0.15, -0.1) is 5.10 Å². The number of hydrogen-bond donors (Lipinski definition) is 2. The van der Waals surface area contributed by atoms with Gasteiger partial charge in [0.05, 0.1) is 17.9 Å². The molecule has 0 radical (unpaired) electrons. The van der Waals surface area contributed by atoms with Crippen LogP contribution in [-0.2, 0) is 0 Å². The minimum atomic E-state index is 0.0920. The molecule has 0 fully saturated rings. The summed E-state index contributed by atoms with van der Waals surface area (Å²) in [6.45, 7) is 4.11. The van der Waals surface area contributed by atoms with Crippen molar-refractivity contribution < 1.29 is 0 Å². The lowest BCUT2D eigenvalue weighted by Gasteiger charge is -2.14. The standard InChI is InChI=1S/C18H18BrN5/c1-12-8-9-16(15(19)10-12)22-17-11-20-24-18(23-17)21-13(2)14-6-4-3-5-7-14/h3-11,13H,1-2H3,(H2,21,22,23,24). The second-order valence-corrected chi connectivity index (χ2v) is 6.40. The van der Waals surface area contributed by atoms with E-state index >= 15 is 0 Å². The third-order valence-electron chi connectivity index (χ3n) is 3.59. The molecule has 24 heavy (non-hydrogen) atoms. The predicted molar refractivity (Wildman–Crippen MR) is 100 cm³/mol. The number of anilines is 3. The van der Waals surface area contributed by atoms with Gasteiger partial charge in [-0.2, -0.15) is 10.1 Å². The molecule has 0 aliphatic carbocycles. The molecule has 2 N–H and O–H groups in total. The van der Waals surface area contributed by atoms with Gasteiger partial charge in [0.25, 0.3) is 0 Å². The molecule has 0 bridgehead atoms. The molecule has 0 saturated heterocycles. The highest BCUT2D eigenvalue weighted by Crippen LogP contribution is 2.26. The molecular formula is C18H18BrN5. The molecule has 0 aliphatic rings. The van der Waals surface area contributed by atoms with Crippen molar-refractivity contribution in [1.82, 2.24) is 15.2 Å². The highest BCUT2D eigenvalue weighted by molar-refractivity contribution is 9.10.